The molecule has 1 atom stereocenters. The van der Waals surface area contributed by atoms with Crippen molar-refractivity contribution in [3.05, 3.63) is 24.3 Å². The van der Waals surface area contributed by atoms with Crippen molar-refractivity contribution in [3.8, 4) is 5.75 Å². The third kappa shape index (κ3) is 6.48. The average molecular weight is 399 g/mol. The van der Waals surface area contributed by atoms with Gasteiger partial charge in [0.25, 0.3) is 5.91 Å². The van der Waals surface area contributed by atoms with Crippen LogP contribution in [0.1, 0.15) is 34.1 Å². The summed E-state index contributed by atoms with van der Waals surface area (Å²) in [6.45, 7) is 10.9. The van der Waals surface area contributed by atoms with Gasteiger partial charge in [-0.1, -0.05) is 0 Å². The van der Waals surface area contributed by atoms with E-state index in [4.69, 9.17) is 4.74 Å². The minimum Gasteiger partial charge on any atom is -0.494 e. The van der Waals surface area contributed by atoms with Crippen LogP contribution in [0.25, 0.3) is 0 Å². The van der Waals surface area contributed by atoms with Crippen molar-refractivity contribution in [2.45, 2.75) is 44.6 Å². The number of hydrogen-bond donors (Lipinski definition) is 2. The lowest BCUT2D eigenvalue weighted by molar-refractivity contribution is -0.889. The number of nitrogens with one attached hydrogen (secondary N) is 2. The monoisotopic (exact) mass is 398 g/mol. The van der Waals surface area contributed by atoms with Gasteiger partial charge in [-0.05, 0) is 52.0 Å². The Balaban J connectivity index is 1.98. The molecule has 1 aromatic rings. The lowest BCUT2D eigenvalue weighted by Crippen LogP contribution is -3.13. The summed E-state index contributed by atoms with van der Waals surface area (Å²) in [4.78, 5) is 13.5. The molecule has 1 aliphatic rings. The van der Waals surface area contributed by atoms with E-state index in [0.29, 0.717) is 38.5 Å². The number of carbonyl (C=O) groups excluding carboxylic acids is 1. The predicted octanol–water partition coefficient (Wildman–Crippen LogP) is 0.279. The summed E-state index contributed by atoms with van der Waals surface area (Å²) in [5, 5.41) is 2.97. The van der Waals surface area contributed by atoms with E-state index in [0.717, 1.165) is 17.9 Å². The van der Waals surface area contributed by atoms with Crippen molar-refractivity contribution in [1.82, 2.24) is 9.62 Å². The van der Waals surface area contributed by atoms with Crippen molar-refractivity contribution in [2.24, 2.45) is 0 Å². The fourth-order valence-electron chi connectivity index (χ4n) is 3.16. The number of ether oxygens (including phenoxy) is 1. The lowest BCUT2D eigenvalue weighted by atomic mass is 10.1. The number of nitrogens with zero attached hydrogens (tertiary/aromatic N) is 1. The van der Waals surface area contributed by atoms with Crippen LogP contribution in [-0.4, -0.2) is 63.5 Å². The highest BCUT2D eigenvalue weighted by atomic mass is 32.2. The third-order valence-electron chi connectivity index (χ3n) is 4.35. The van der Waals surface area contributed by atoms with Gasteiger partial charge in [-0.2, -0.15) is 4.31 Å². The zero-order valence-corrected chi connectivity index (χ0v) is 17.6. The van der Waals surface area contributed by atoms with Crippen molar-refractivity contribution in [2.75, 3.05) is 39.3 Å². The van der Waals surface area contributed by atoms with E-state index >= 15 is 0 Å². The molecule has 2 rings (SSSR count). The highest BCUT2D eigenvalue weighted by Gasteiger charge is 2.29. The molecular weight excluding hydrogens is 366 g/mol. The Morgan fingerprint density at radius 3 is 2.44 bits per heavy atom. The van der Waals surface area contributed by atoms with Crippen LogP contribution in [0.3, 0.4) is 0 Å². The van der Waals surface area contributed by atoms with Crippen LogP contribution in [-0.2, 0) is 14.8 Å². The minimum atomic E-state index is -3.53. The largest absolute Gasteiger partial charge is 0.494 e. The van der Waals surface area contributed by atoms with Crippen LogP contribution < -0.4 is 15.0 Å². The normalized spacial score (nSPS) is 19.3. The third-order valence-corrected chi connectivity index (χ3v) is 6.26. The maximum atomic E-state index is 12.9. The SMILES string of the molecule is CCOc1ccc(S(=O)(=O)N2CCC[NH+](CC(=O)NC(C)(C)C)CC2)cc1. The standard InChI is InChI=1S/C19H31N3O4S/c1-5-26-16-7-9-17(10-8-16)27(24,25)22-12-6-11-21(13-14-22)15-18(23)20-19(2,3)4/h7-10H,5-6,11-15H2,1-4H3,(H,20,23)/p+1. The second kappa shape index (κ2) is 9.03. The van der Waals surface area contributed by atoms with Crippen LogP contribution in [0.15, 0.2) is 29.2 Å². The molecule has 0 aliphatic carbocycles. The number of sulfonamides is 1. The first kappa shape index (κ1) is 21.7. The molecular formula is C19H32N3O4S+. The summed E-state index contributed by atoms with van der Waals surface area (Å²) in [6, 6.07) is 6.55. The average Bonchev–Trinajstić information content (AvgIpc) is 2.80. The number of amides is 1. The Morgan fingerprint density at radius 1 is 1.19 bits per heavy atom. The molecule has 7 nitrogen and oxygen atoms in total. The molecule has 0 saturated carbocycles. The zero-order valence-electron chi connectivity index (χ0n) is 16.7. The molecule has 1 heterocycles. The fraction of sp³-hybridized carbons (Fsp3) is 0.632. The zero-order chi connectivity index (χ0) is 20.1. The summed E-state index contributed by atoms with van der Waals surface area (Å²) in [6.07, 6.45) is 0.731. The number of carbonyl (C=O) groups is 1. The first-order valence-corrected chi connectivity index (χ1v) is 10.9. The summed E-state index contributed by atoms with van der Waals surface area (Å²) in [7, 11) is -3.53. The van der Waals surface area contributed by atoms with Gasteiger partial charge in [0, 0.05) is 18.5 Å². The van der Waals surface area contributed by atoms with E-state index in [2.05, 4.69) is 5.32 Å². The molecule has 0 radical (unpaired) electrons. The Hall–Kier alpha value is -1.64. The number of benzene rings is 1. The van der Waals surface area contributed by atoms with Gasteiger partial charge < -0.3 is 15.0 Å². The molecule has 152 valence electrons. The maximum Gasteiger partial charge on any atom is 0.275 e. The fourth-order valence-corrected chi connectivity index (χ4v) is 4.63. The molecule has 2 N–H and O–H groups in total. The minimum absolute atomic E-state index is 0.000296. The molecule has 1 unspecified atom stereocenters. The topological polar surface area (TPSA) is 80.2 Å². The van der Waals surface area contributed by atoms with Crippen LogP contribution in [0.5, 0.6) is 5.75 Å². The molecule has 1 aromatic carbocycles. The number of hydrogen-bond acceptors (Lipinski definition) is 4. The van der Waals surface area contributed by atoms with Gasteiger partial charge in [0.1, 0.15) is 5.75 Å². The Morgan fingerprint density at radius 2 is 1.85 bits per heavy atom. The van der Waals surface area contributed by atoms with Gasteiger partial charge in [-0.25, -0.2) is 8.42 Å². The lowest BCUT2D eigenvalue weighted by Gasteiger charge is -2.23. The highest BCUT2D eigenvalue weighted by molar-refractivity contribution is 7.89. The smallest absolute Gasteiger partial charge is 0.275 e. The van der Waals surface area contributed by atoms with Crippen molar-refractivity contribution >= 4 is 15.9 Å². The Kier molecular flexibility index (Phi) is 7.25. The van der Waals surface area contributed by atoms with Crippen molar-refractivity contribution in [1.29, 1.82) is 0 Å². The van der Waals surface area contributed by atoms with Gasteiger partial charge in [-0.3, -0.25) is 4.79 Å². The van der Waals surface area contributed by atoms with Crippen LogP contribution >= 0.6 is 0 Å². The van der Waals surface area contributed by atoms with E-state index in [9.17, 15) is 13.2 Å². The molecule has 8 heteroatoms. The van der Waals surface area contributed by atoms with Crippen molar-refractivity contribution < 1.29 is 22.8 Å². The molecule has 1 fully saturated rings. The second-order valence-electron chi connectivity index (χ2n) is 7.89. The van der Waals surface area contributed by atoms with E-state index in [1.807, 2.05) is 27.7 Å². The molecule has 27 heavy (non-hydrogen) atoms. The summed E-state index contributed by atoms with van der Waals surface area (Å²) in [5.74, 6) is 0.660. The molecule has 0 bridgehead atoms. The van der Waals surface area contributed by atoms with Crippen LogP contribution in [0, 0.1) is 0 Å². The van der Waals surface area contributed by atoms with E-state index < -0.39 is 10.0 Å². The van der Waals surface area contributed by atoms with Crippen LogP contribution in [0.2, 0.25) is 0 Å². The van der Waals surface area contributed by atoms with Crippen LogP contribution in [0.4, 0.5) is 0 Å². The first-order valence-electron chi connectivity index (χ1n) is 9.49. The molecule has 1 amide bonds. The Bertz CT molecular complexity index is 726. The van der Waals surface area contributed by atoms with E-state index in [-0.39, 0.29) is 16.3 Å². The molecule has 1 saturated heterocycles. The predicted molar refractivity (Wildman–Crippen MR) is 104 cm³/mol. The summed E-state index contributed by atoms with van der Waals surface area (Å²) >= 11 is 0. The highest BCUT2D eigenvalue weighted by Crippen LogP contribution is 2.20. The number of rotatable bonds is 6. The molecule has 1 aliphatic heterocycles. The second-order valence-corrected chi connectivity index (χ2v) is 9.82. The van der Waals surface area contributed by atoms with E-state index in [1.54, 1.807) is 24.3 Å². The van der Waals surface area contributed by atoms with Crippen molar-refractivity contribution in [3.63, 3.8) is 0 Å². The van der Waals surface area contributed by atoms with Gasteiger partial charge in [0.15, 0.2) is 6.54 Å². The van der Waals surface area contributed by atoms with Gasteiger partial charge in [-0.15, -0.1) is 0 Å². The molecule has 0 spiro atoms. The van der Waals surface area contributed by atoms with E-state index in [1.165, 1.54) is 4.31 Å². The summed E-state index contributed by atoms with van der Waals surface area (Å²) < 4.78 is 32.7. The van der Waals surface area contributed by atoms with Gasteiger partial charge in [0.05, 0.1) is 31.1 Å². The number of quaternary nitrogens is 1. The Labute approximate surface area is 162 Å². The first-order chi connectivity index (χ1) is 12.6. The van der Waals surface area contributed by atoms with Gasteiger partial charge >= 0.3 is 0 Å². The molecule has 0 aromatic heterocycles. The summed E-state index contributed by atoms with van der Waals surface area (Å²) in [5.41, 5.74) is -0.259. The van der Waals surface area contributed by atoms with Gasteiger partial charge in [0.2, 0.25) is 10.0 Å². The maximum absolute atomic E-state index is 12.9. The quantitative estimate of drug-likeness (QED) is 0.721.